The van der Waals surface area contributed by atoms with Gasteiger partial charge >= 0.3 is 5.97 Å². The minimum Gasteiger partial charge on any atom is -0.493 e. The summed E-state index contributed by atoms with van der Waals surface area (Å²) in [6, 6.07) is 9.91. The third kappa shape index (κ3) is 4.72. The molecule has 4 nitrogen and oxygen atoms in total. The average molecular weight is 346 g/mol. The van der Waals surface area contributed by atoms with Gasteiger partial charge in [0, 0.05) is 0 Å². The number of carboxylic acids is 1. The first-order valence-electron chi connectivity index (χ1n) is 8.24. The molecule has 0 fully saturated rings. The summed E-state index contributed by atoms with van der Waals surface area (Å²) in [4.78, 5) is 11.7. The molecule has 0 aliphatic rings. The topological polar surface area (TPSA) is 55.8 Å². The number of carboxylic acid groups (broad SMARTS) is 1. The normalized spacial score (nSPS) is 11.8. The second-order valence-electron chi connectivity index (χ2n) is 5.94. The van der Waals surface area contributed by atoms with Crippen LogP contribution >= 0.6 is 0 Å². The van der Waals surface area contributed by atoms with E-state index in [1.165, 1.54) is 6.07 Å². The number of hydrogen-bond donors (Lipinski definition) is 1. The molecular weight excluding hydrogens is 323 g/mol. The number of halogens is 1. The first-order chi connectivity index (χ1) is 12.0. The monoisotopic (exact) mass is 346 g/mol. The molecule has 134 valence electrons. The van der Waals surface area contributed by atoms with E-state index in [0.29, 0.717) is 29.2 Å². The average Bonchev–Trinajstić information content (AvgIpc) is 2.60. The van der Waals surface area contributed by atoms with Crippen molar-refractivity contribution in [2.24, 2.45) is 0 Å². The molecule has 0 aliphatic carbocycles. The van der Waals surface area contributed by atoms with Gasteiger partial charge in [-0.3, -0.25) is 4.79 Å². The number of methoxy groups -OCH3 is 1. The van der Waals surface area contributed by atoms with Crippen LogP contribution in [0.4, 0.5) is 4.39 Å². The number of rotatable bonds is 8. The smallest absolute Gasteiger partial charge is 0.311 e. The van der Waals surface area contributed by atoms with Crippen molar-refractivity contribution in [1.29, 1.82) is 0 Å². The van der Waals surface area contributed by atoms with Crippen LogP contribution in [0.25, 0.3) is 0 Å². The molecule has 0 heterocycles. The fraction of sp³-hybridized carbons (Fsp3) is 0.350. The maximum absolute atomic E-state index is 13.8. The Morgan fingerprint density at radius 2 is 1.96 bits per heavy atom. The number of aliphatic carboxylic acids is 1. The van der Waals surface area contributed by atoms with Crippen LogP contribution in [0, 0.1) is 12.7 Å². The van der Waals surface area contributed by atoms with E-state index >= 15 is 0 Å². The highest BCUT2D eigenvalue weighted by molar-refractivity contribution is 5.76. The fourth-order valence-electron chi connectivity index (χ4n) is 2.58. The lowest BCUT2D eigenvalue weighted by molar-refractivity contribution is -0.138. The van der Waals surface area contributed by atoms with E-state index in [4.69, 9.17) is 9.47 Å². The molecule has 1 atom stereocenters. The van der Waals surface area contributed by atoms with Crippen molar-refractivity contribution < 1.29 is 23.8 Å². The quantitative estimate of drug-likeness (QED) is 0.772. The predicted octanol–water partition coefficient (Wildman–Crippen LogP) is 4.34. The zero-order valence-corrected chi connectivity index (χ0v) is 14.7. The Balaban J connectivity index is 2.27. The molecule has 2 aromatic carbocycles. The van der Waals surface area contributed by atoms with Gasteiger partial charge < -0.3 is 14.6 Å². The van der Waals surface area contributed by atoms with Gasteiger partial charge in [0.05, 0.1) is 19.6 Å². The Morgan fingerprint density at radius 3 is 2.56 bits per heavy atom. The highest BCUT2D eigenvalue weighted by Gasteiger charge is 2.22. The molecule has 0 bridgehead atoms. The Morgan fingerprint density at radius 1 is 1.20 bits per heavy atom. The van der Waals surface area contributed by atoms with E-state index in [-0.39, 0.29) is 6.42 Å². The summed E-state index contributed by atoms with van der Waals surface area (Å²) in [5.41, 5.74) is 1.72. The van der Waals surface area contributed by atoms with Crippen LogP contribution < -0.4 is 9.47 Å². The highest BCUT2D eigenvalue weighted by atomic mass is 19.1. The van der Waals surface area contributed by atoms with Crippen molar-refractivity contribution in [2.45, 2.75) is 32.6 Å². The number of carbonyl (C=O) groups is 1. The fourth-order valence-corrected chi connectivity index (χ4v) is 2.58. The molecule has 25 heavy (non-hydrogen) atoms. The summed E-state index contributed by atoms with van der Waals surface area (Å²) in [7, 11) is 1.54. The van der Waals surface area contributed by atoms with Crippen LogP contribution in [0.5, 0.6) is 11.5 Å². The number of hydrogen-bond acceptors (Lipinski definition) is 3. The van der Waals surface area contributed by atoms with E-state index in [1.807, 2.05) is 13.0 Å². The van der Waals surface area contributed by atoms with Crippen LogP contribution in [-0.2, 0) is 11.2 Å². The molecule has 0 radical (unpaired) electrons. The van der Waals surface area contributed by atoms with Crippen molar-refractivity contribution >= 4 is 5.97 Å². The molecule has 0 aliphatic heterocycles. The summed E-state index contributed by atoms with van der Waals surface area (Å²) >= 11 is 0. The van der Waals surface area contributed by atoms with Crippen molar-refractivity contribution in [3.05, 3.63) is 58.9 Å². The SMILES string of the molecule is CCCOc1ccc(CC(C(=O)O)c2ccc(C)c(F)c2)cc1OC. The molecule has 1 N–H and O–H groups in total. The lowest BCUT2D eigenvalue weighted by Crippen LogP contribution is -2.15. The maximum atomic E-state index is 13.8. The summed E-state index contributed by atoms with van der Waals surface area (Å²) in [6.45, 7) is 4.24. The Kier molecular flexibility index (Phi) is 6.39. The zero-order valence-electron chi connectivity index (χ0n) is 14.7. The van der Waals surface area contributed by atoms with Crippen LogP contribution in [-0.4, -0.2) is 24.8 Å². The number of aryl methyl sites for hydroxylation is 1. The Hall–Kier alpha value is -2.56. The zero-order chi connectivity index (χ0) is 18.4. The Bertz CT molecular complexity index is 742. The van der Waals surface area contributed by atoms with Crippen molar-refractivity contribution in [1.82, 2.24) is 0 Å². The molecule has 2 rings (SSSR count). The molecule has 0 aromatic heterocycles. The van der Waals surface area contributed by atoms with Gasteiger partial charge in [-0.1, -0.05) is 25.1 Å². The minimum absolute atomic E-state index is 0.238. The van der Waals surface area contributed by atoms with E-state index in [2.05, 4.69) is 0 Å². The Labute approximate surface area is 147 Å². The predicted molar refractivity (Wildman–Crippen MR) is 94.0 cm³/mol. The van der Waals surface area contributed by atoms with E-state index in [9.17, 15) is 14.3 Å². The van der Waals surface area contributed by atoms with Crippen molar-refractivity contribution in [3.8, 4) is 11.5 Å². The van der Waals surface area contributed by atoms with E-state index < -0.39 is 17.7 Å². The van der Waals surface area contributed by atoms with Gasteiger partial charge in [-0.15, -0.1) is 0 Å². The van der Waals surface area contributed by atoms with Gasteiger partial charge in [0.15, 0.2) is 11.5 Å². The minimum atomic E-state index is -0.992. The summed E-state index contributed by atoms with van der Waals surface area (Å²) in [5.74, 6) is -1.04. The van der Waals surface area contributed by atoms with Gasteiger partial charge in [0.25, 0.3) is 0 Å². The first kappa shape index (κ1) is 18.8. The largest absolute Gasteiger partial charge is 0.493 e. The maximum Gasteiger partial charge on any atom is 0.311 e. The van der Waals surface area contributed by atoms with Gasteiger partial charge in [-0.25, -0.2) is 4.39 Å². The second kappa shape index (κ2) is 8.51. The second-order valence-corrected chi connectivity index (χ2v) is 5.94. The third-order valence-corrected chi connectivity index (χ3v) is 4.03. The number of benzene rings is 2. The van der Waals surface area contributed by atoms with E-state index in [1.54, 1.807) is 38.3 Å². The lowest BCUT2D eigenvalue weighted by Gasteiger charge is -2.16. The number of ether oxygens (including phenoxy) is 2. The molecule has 0 saturated carbocycles. The van der Waals surface area contributed by atoms with Crippen molar-refractivity contribution in [2.75, 3.05) is 13.7 Å². The summed E-state index contributed by atoms with van der Waals surface area (Å²) in [5, 5.41) is 9.57. The molecule has 0 amide bonds. The van der Waals surface area contributed by atoms with Crippen LogP contribution in [0.15, 0.2) is 36.4 Å². The standard InChI is InChI=1S/C20H23FO4/c1-4-9-25-18-8-6-14(11-19(18)24-3)10-16(20(22)23)15-7-5-13(2)17(21)12-15/h5-8,11-12,16H,4,9-10H2,1-3H3,(H,22,23). The van der Waals surface area contributed by atoms with E-state index in [0.717, 1.165) is 12.0 Å². The molecule has 1 unspecified atom stereocenters. The first-order valence-corrected chi connectivity index (χ1v) is 8.24. The highest BCUT2D eigenvalue weighted by Crippen LogP contribution is 2.31. The summed E-state index contributed by atoms with van der Waals surface area (Å²) in [6.07, 6.45) is 1.12. The van der Waals surface area contributed by atoms with Crippen LogP contribution in [0.1, 0.15) is 36.0 Å². The molecule has 2 aromatic rings. The van der Waals surface area contributed by atoms with Gasteiger partial charge in [-0.05, 0) is 54.7 Å². The third-order valence-electron chi connectivity index (χ3n) is 4.03. The van der Waals surface area contributed by atoms with Gasteiger partial charge in [-0.2, -0.15) is 0 Å². The molecule has 5 heteroatoms. The van der Waals surface area contributed by atoms with Crippen molar-refractivity contribution in [3.63, 3.8) is 0 Å². The molecule has 0 spiro atoms. The molecular formula is C20H23FO4. The lowest BCUT2D eigenvalue weighted by atomic mass is 9.91. The van der Waals surface area contributed by atoms with Crippen LogP contribution in [0.3, 0.4) is 0 Å². The van der Waals surface area contributed by atoms with Gasteiger partial charge in [0.1, 0.15) is 5.82 Å². The van der Waals surface area contributed by atoms with Crippen LogP contribution in [0.2, 0.25) is 0 Å². The molecule has 0 saturated heterocycles. The summed E-state index contributed by atoms with van der Waals surface area (Å²) < 4.78 is 24.7. The van der Waals surface area contributed by atoms with Gasteiger partial charge in [0.2, 0.25) is 0 Å².